The minimum absolute atomic E-state index is 0.000785. The SMILES string of the molecule is O=C(Nc1ccc(C(F)(F)F)cn1)c1ccc(CN2C(=O)c3sc(Br)cc3NC(=O)C2Cc2ccccn2)cc1Cl. The number of halogens is 5. The monoisotopic (exact) mass is 663 g/mol. The van der Waals surface area contributed by atoms with Crippen LogP contribution in [-0.2, 0) is 23.9 Å². The van der Waals surface area contributed by atoms with Crippen LogP contribution < -0.4 is 10.6 Å². The van der Waals surface area contributed by atoms with Gasteiger partial charge >= 0.3 is 6.18 Å². The number of pyridine rings is 2. The Labute approximate surface area is 248 Å². The number of anilines is 2. The summed E-state index contributed by atoms with van der Waals surface area (Å²) in [6, 6.07) is 12.5. The molecule has 3 aromatic heterocycles. The molecule has 1 unspecified atom stereocenters. The third kappa shape index (κ3) is 6.42. The Morgan fingerprint density at radius 1 is 1.12 bits per heavy atom. The van der Waals surface area contributed by atoms with Gasteiger partial charge in [0.1, 0.15) is 16.7 Å². The molecule has 0 saturated heterocycles. The average Bonchev–Trinajstić information content (AvgIpc) is 3.26. The zero-order valence-electron chi connectivity index (χ0n) is 20.7. The largest absolute Gasteiger partial charge is 0.417 e. The number of thiophene rings is 1. The number of nitrogens with zero attached hydrogens (tertiary/aromatic N) is 3. The van der Waals surface area contributed by atoms with Crippen molar-refractivity contribution in [1.29, 1.82) is 0 Å². The maximum Gasteiger partial charge on any atom is 0.417 e. The van der Waals surface area contributed by atoms with E-state index in [1.165, 1.54) is 28.4 Å². The number of carbonyl (C=O) groups excluding carboxylic acids is 3. The molecule has 8 nitrogen and oxygen atoms in total. The minimum atomic E-state index is -4.55. The van der Waals surface area contributed by atoms with Crippen LogP contribution in [0.15, 0.2) is 70.8 Å². The lowest BCUT2D eigenvalue weighted by Crippen LogP contribution is -2.46. The average molecular weight is 665 g/mol. The molecule has 0 fully saturated rings. The molecule has 1 atom stereocenters. The van der Waals surface area contributed by atoms with Crippen molar-refractivity contribution < 1.29 is 27.6 Å². The second-order valence-corrected chi connectivity index (χ2v) is 11.8. The summed E-state index contributed by atoms with van der Waals surface area (Å²) >= 11 is 11.0. The molecule has 0 radical (unpaired) electrons. The number of fused-ring (bicyclic) bond motifs is 1. The first-order valence-corrected chi connectivity index (χ1v) is 13.9. The second-order valence-electron chi connectivity index (χ2n) is 8.95. The highest BCUT2D eigenvalue weighted by Gasteiger charge is 2.37. The van der Waals surface area contributed by atoms with Crippen LogP contribution in [0.25, 0.3) is 0 Å². The summed E-state index contributed by atoms with van der Waals surface area (Å²) in [6.45, 7) is 0.000785. The second kappa shape index (κ2) is 11.6. The topological polar surface area (TPSA) is 104 Å². The van der Waals surface area contributed by atoms with E-state index in [9.17, 15) is 27.6 Å². The van der Waals surface area contributed by atoms with E-state index in [2.05, 4.69) is 36.5 Å². The van der Waals surface area contributed by atoms with E-state index in [1.54, 1.807) is 36.5 Å². The van der Waals surface area contributed by atoms with Gasteiger partial charge in [0.05, 0.1) is 25.6 Å². The van der Waals surface area contributed by atoms with Crippen LogP contribution in [0.4, 0.5) is 24.7 Å². The van der Waals surface area contributed by atoms with Gasteiger partial charge in [-0.1, -0.05) is 23.7 Å². The smallest absolute Gasteiger partial charge is 0.323 e. The molecule has 4 heterocycles. The molecule has 1 aliphatic heterocycles. The lowest BCUT2D eigenvalue weighted by molar-refractivity contribution is -0.137. The predicted octanol–water partition coefficient (Wildman–Crippen LogP) is 6.43. The first kappa shape index (κ1) is 28.7. The molecule has 41 heavy (non-hydrogen) atoms. The summed E-state index contributed by atoms with van der Waals surface area (Å²) in [7, 11) is 0. The van der Waals surface area contributed by atoms with Gasteiger partial charge in [-0.05, 0) is 64.0 Å². The minimum Gasteiger partial charge on any atom is -0.323 e. The molecule has 2 N–H and O–H groups in total. The number of carbonyl (C=O) groups is 3. The number of hydrogen-bond acceptors (Lipinski definition) is 6. The third-order valence-electron chi connectivity index (χ3n) is 6.19. The Balaban J connectivity index is 1.39. The summed E-state index contributed by atoms with van der Waals surface area (Å²) in [5.41, 5.74) is 0.682. The number of rotatable bonds is 6. The highest BCUT2D eigenvalue weighted by molar-refractivity contribution is 9.11. The summed E-state index contributed by atoms with van der Waals surface area (Å²) in [6.07, 6.45) is -2.16. The molecule has 210 valence electrons. The third-order valence-corrected chi connectivity index (χ3v) is 8.12. The Hall–Kier alpha value is -3.81. The molecule has 0 spiro atoms. The highest BCUT2D eigenvalue weighted by atomic mass is 79.9. The van der Waals surface area contributed by atoms with Gasteiger partial charge in [0, 0.05) is 31.1 Å². The van der Waals surface area contributed by atoms with Crippen LogP contribution in [0.5, 0.6) is 0 Å². The number of alkyl halides is 3. The molecular formula is C27H18BrClF3N5O3S. The molecule has 0 saturated carbocycles. The molecule has 4 aromatic rings. The van der Waals surface area contributed by atoms with Crippen molar-refractivity contribution in [2.75, 3.05) is 10.6 Å². The van der Waals surface area contributed by atoms with E-state index >= 15 is 0 Å². The fraction of sp³-hybridized carbons (Fsp3) is 0.148. The van der Waals surface area contributed by atoms with Crippen molar-refractivity contribution in [3.63, 3.8) is 0 Å². The number of amides is 3. The summed E-state index contributed by atoms with van der Waals surface area (Å²) < 4.78 is 39.0. The number of benzene rings is 1. The Morgan fingerprint density at radius 3 is 2.59 bits per heavy atom. The zero-order valence-corrected chi connectivity index (χ0v) is 23.9. The lowest BCUT2D eigenvalue weighted by atomic mass is 10.1. The van der Waals surface area contributed by atoms with Crippen molar-refractivity contribution in [2.24, 2.45) is 0 Å². The Morgan fingerprint density at radius 2 is 1.93 bits per heavy atom. The molecule has 0 aliphatic carbocycles. The fourth-order valence-electron chi connectivity index (χ4n) is 4.20. The van der Waals surface area contributed by atoms with Gasteiger partial charge in [-0.3, -0.25) is 19.4 Å². The van der Waals surface area contributed by atoms with Crippen molar-refractivity contribution >= 4 is 68.1 Å². The van der Waals surface area contributed by atoms with E-state index < -0.39 is 23.7 Å². The normalized spacial score (nSPS) is 15.2. The van der Waals surface area contributed by atoms with Crippen molar-refractivity contribution in [2.45, 2.75) is 25.2 Å². The van der Waals surface area contributed by atoms with Crippen LogP contribution in [0.1, 0.15) is 36.9 Å². The van der Waals surface area contributed by atoms with Crippen molar-refractivity contribution in [3.8, 4) is 0 Å². The Bertz CT molecular complexity index is 1630. The van der Waals surface area contributed by atoms with E-state index in [4.69, 9.17) is 11.6 Å². The first-order valence-electron chi connectivity index (χ1n) is 11.9. The lowest BCUT2D eigenvalue weighted by Gasteiger charge is -2.28. The molecular weight excluding hydrogens is 647 g/mol. The van der Waals surface area contributed by atoms with E-state index in [0.717, 1.165) is 12.1 Å². The van der Waals surface area contributed by atoms with E-state index in [0.29, 0.717) is 31.8 Å². The number of nitrogens with one attached hydrogen (secondary N) is 2. The quantitative estimate of drug-likeness (QED) is 0.247. The maximum absolute atomic E-state index is 13.7. The maximum atomic E-state index is 13.7. The fourth-order valence-corrected chi connectivity index (χ4v) is 6.00. The van der Waals surface area contributed by atoms with Gasteiger partial charge in [-0.2, -0.15) is 13.2 Å². The van der Waals surface area contributed by atoms with Crippen LogP contribution in [0, 0.1) is 0 Å². The van der Waals surface area contributed by atoms with Crippen molar-refractivity contribution in [1.82, 2.24) is 14.9 Å². The molecule has 3 amide bonds. The van der Waals surface area contributed by atoms with Gasteiger partial charge in [0.2, 0.25) is 5.91 Å². The zero-order chi connectivity index (χ0) is 29.3. The van der Waals surface area contributed by atoms with Gasteiger partial charge < -0.3 is 15.5 Å². The van der Waals surface area contributed by atoms with E-state index in [1.807, 2.05) is 0 Å². The van der Waals surface area contributed by atoms with Crippen LogP contribution in [0.3, 0.4) is 0 Å². The standard InChI is InChI=1S/C27H18BrClF3N5O3S/c28-21-11-19-23(41-21)26(40)37(20(25(39)35-19)10-16-3-1-2-8-33-16)13-14-4-6-17(18(29)9-14)24(38)36-22-7-5-15(12-34-22)27(30,31)32/h1-9,11-12,20H,10,13H2,(H,35,39)(H,34,36,38). The summed E-state index contributed by atoms with van der Waals surface area (Å²) in [4.78, 5) is 49.5. The number of hydrogen-bond donors (Lipinski definition) is 2. The van der Waals surface area contributed by atoms with Crippen LogP contribution >= 0.6 is 38.9 Å². The molecule has 0 bridgehead atoms. The molecule has 1 aliphatic rings. The van der Waals surface area contributed by atoms with Crippen LogP contribution in [-0.4, -0.2) is 38.6 Å². The first-order chi connectivity index (χ1) is 19.5. The molecule has 1 aromatic carbocycles. The highest BCUT2D eigenvalue weighted by Crippen LogP contribution is 2.36. The van der Waals surface area contributed by atoms with E-state index in [-0.39, 0.29) is 41.2 Å². The van der Waals surface area contributed by atoms with Crippen molar-refractivity contribution in [3.05, 3.63) is 103 Å². The van der Waals surface area contributed by atoms with Gasteiger partial charge in [0.15, 0.2) is 0 Å². The molecule has 5 rings (SSSR count). The Kier molecular flexibility index (Phi) is 8.11. The molecule has 14 heteroatoms. The van der Waals surface area contributed by atoms with Gasteiger partial charge in [-0.15, -0.1) is 11.3 Å². The van der Waals surface area contributed by atoms with Gasteiger partial charge in [0.25, 0.3) is 11.8 Å². The number of aromatic nitrogens is 2. The summed E-state index contributed by atoms with van der Waals surface area (Å²) in [5.74, 6) is -1.50. The predicted molar refractivity (Wildman–Crippen MR) is 151 cm³/mol. The summed E-state index contributed by atoms with van der Waals surface area (Å²) in [5, 5.41) is 5.29. The van der Waals surface area contributed by atoms with Gasteiger partial charge in [-0.25, -0.2) is 4.98 Å². The van der Waals surface area contributed by atoms with Crippen LogP contribution in [0.2, 0.25) is 5.02 Å².